The second-order valence-electron chi connectivity index (χ2n) is 7.26. The normalized spacial score (nSPS) is 11.1. The van der Waals surface area contributed by atoms with Crippen LogP contribution in [0, 0.1) is 17.1 Å². The molecule has 0 saturated heterocycles. The fourth-order valence-corrected chi connectivity index (χ4v) is 4.42. The molecule has 176 valence electrons. The summed E-state index contributed by atoms with van der Waals surface area (Å²) in [5.74, 6) is -1.74. The maximum atomic E-state index is 13.7. The molecule has 0 amide bonds. The maximum Gasteiger partial charge on any atom is 0.341 e. The number of carboxylic acids is 1. The number of ether oxygens (including phenoxy) is 2. The smallest absolute Gasteiger partial charge is 0.341 e. The van der Waals surface area contributed by atoms with Crippen LogP contribution in [0.15, 0.2) is 65.6 Å². The van der Waals surface area contributed by atoms with Crippen LogP contribution in [0.2, 0.25) is 0 Å². The van der Waals surface area contributed by atoms with Crippen molar-refractivity contribution in [1.29, 1.82) is 5.26 Å². The zero-order chi connectivity index (χ0) is 24.9. The molecule has 34 heavy (non-hydrogen) atoms. The summed E-state index contributed by atoms with van der Waals surface area (Å²) in [6, 6.07) is 16.8. The Balaban J connectivity index is 1.96. The van der Waals surface area contributed by atoms with Gasteiger partial charge < -0.3 is 14.6 Å². The van der Waals surface area contributed by atoms with E-state index in [2.05, 4.69) is 0 Å². The lowest BCUT2D eigenvalue weighted by Gasteiger charge is -2.19. The van der Waals surface area contributed by atoms with E-state index in [4.69, 9.17) is 14.6 Å². The molecular weight excluding hydrogens is 463 g/mol. The van der Waals surface area contributed by atoms with Crippen molar-refractivity contribution in [2.24, 2.45) is 0 Å². The molecule has 0 aliphatic heterocycles. The fourth-order valence-electron chi connectivity index (χ4n) is 3.25. The summed E-state index contributed by atoms with van der Waals surface area (Å²) >= 11 is 0. The number of nitrogens with zero attached hydrogens (tertiary/aromatic N) is 2. The van der Waals surface area contributed by atoms with Crippen molar-refractivity contribution in [1.82, 2.24) is 4.31 Å². The van der Waals surface area contributed by atoms with Gasteiger partial charge in [-0.25, -0.2) is 17.6 Å². The number of rotatable bonds is 9. The molecule has 0 aromatic heterocycles. The van der Waals surface area contributed by atoms with Crippen molar-refractivity contribution >= 4 is 16.0 Å². The number of sulfonamides is 1. The van der Waals surface area contributed by atoms with Crippen LogP contribution < -0.4 is 9.47 Å². The Morgan fingerprint density at radius 3 is 2.56 bits per heavy atom. The van der Waals surface area contributed by atoms with Crippen LogP contribution in [0.3, 0.4) is 0 Å². The van der Waals surface area contributed by atoms with Crippen molar-refractivity contribution in [3.05, 3.63) is 77.6 Å². The molecule has 3 rings (SSSR count). The number of hydrogen-bond acceptors (Lipinski definition) is 6. The molecule has 3 aromatic carbocycles. The van der Waals surface area contributed by atoms with Gasteiger partial charge in [-0.15, -0.1) is 0 Å². The first-order valence-electron chi connectivity index (χ1n) is 9.93. The Morgan fingerprint density at radius 1 is 1.12 bits per heavy atom. The molecule has 0 aliphatic carbocycles. The van der Waals surface area contributed by atoms with Crippen LogP contribution >= 0.6 is 0 Å². The van der Waals surface area contributed by atoms with Crippen LogP contribution in [0.1, 0.15) is 11.1 Å². The van der Waals surface area contributed by atoms with Crippen LogP contribution in [-0.2, 0) is 21.4 Å². The van der Waals surface area contributed by atoms with E-state index in [1.165, 1.54) is 14.2 Å². The van der Waals surface area contributed by atoms with Gasteiger partial charge in [0.05, 0.1) is 23.6 Å². The third kappa shape index (κ3) is 5.51. The fraction of sp³-hybridized carbons (Fsp3) is 0.167. The minimum absolute atomic E-state index is 0.0355. The number of halogens is 1. The molecule has 0 heterocycles. The van der Waals surface area contributed by atoms with Crippen LogP contribution in [0.25, 0.3) is 11.1 Å². The standard InChI is InChI=1S/C24H21FN2O6S/c1-27(34(30,31)19-7-8-21(25)23(12-19)32-2)14-17-6-9-22(33-15-24(28)29)20(11-17)18-5-3-4-16(10-18)13-26/h3-12H,14-15H2,1-2H3,(H,28,29). The minimum Gasteiger partial charge on any atom is -0.494 e. The molecule has 0 spiro atoms. The zero-order valence-corrected chi connectivity index (χ0v) is 19.2. The van der Waals surface area contributed by atoms with Crippen molar-refractivity contribution < 1.29 is 32.2 Å². The van der Waals surface area contributed by atoms with E-state index >= 15 is 0 Å². The second kappa shape index (κ2) is 10.3. The Labute approximate surface area is 196 Å². The highest BCUT2D eigenvalue weighted by Gasteiger charge is 2.23. The summed E-state index contributed by atoms with van der Waals surface area (Å²) in [5, 5.41) is 18.2. The van der Waals surface area contributed by atoms with E-state index < -0.39 is 28.4 Å². The van der Waals surface area contributed by atoms with Crippen molar-refractivity contribution in [3.63, 3.8) is 0 Å². The Morgan fingerprint density at radius 2 is 1.88 bits per heavy atom. The molecule has 0 bridgehead atoms. The summed E-state index contributed by atoms with van der Waals surface area (Å²) in [6.07, 6.45) is 0. The molecule has 10 heteroatoms. The van der Waals surface area contributed by atoms with Crippen LogP contribution in [-0.4, -0.2) is 44.6 Å². The Bertz CT molecular complexity index is 1370. The highest BCUT2D eigenvalue weighted by Crippen LogP contribution is 2.33. The Hall–Kier alpha value is -3.94. The molecule has 8 nitrogen and oxygen atoms in total. The number of nitriles is 1. The van der Waals surface area contributed by atoms with Gasteiger partial charge in [-0.05, 0) is 47.5 Å². The van der Waals surface area contributed by atoms with E-state index in [0.717, 1.165) is 22.5 Å². The highest BCUT2D eigenvalue weighted by atomic mass is 32.2. The zero-order valence-electron chi connectivity index (χ0n) is 18.4. The molecular formula is C24H21FN2O6S. The van der Waals surface area contributed by atoms with Gasteiger partial charge in [0, 0.05) is 25.2 Å². The van der Waals surface area contributed by atoms with Crippen LogP contribution in [0.4, 0.5) is 4.39 Å². The molecule has 0 unspecified atom stereocenters. The average Bonchev–Trinajstić information content (AvgIpc) is 2.83. The van der Waals surface area contributed by atoms with Crippen molar-refractivity contribution in [2.75, 3.05) is 20.8 Å². The van der Waals surface area contributed by atoms with Crippen LogP contribution in [0.5, 0.6) is 11.5 Å². The average molecular weight is 485 g/mol. The number of benzene rings is 3. The molecule has 3 aromatic rings. The predicted octanol–water partition coefficient (Wildman–Crippen LogP) is 3.66. The SMILES string of the molecule is COc1cc(S(=O)(=O)N(C)Cc2ccc(OCC(=O)O)c(-c3cccc(C#N)c3)c2)ccc1F. The van der Waals surface area contributed by atoms with Gasteiger partial charge in [0.1, 0.15) is 5.75 Å². The Kier molecular flexibility index (Phi) is 7.50. The first kappa shape index (κ1) is 24.7. The lowest BCUT2D eigenvalue weighted by Crippen LogP contribution is -2.26. The number of aliphatic carboxylic acids is 1. The van der Waals surface area contributed by atoms with Gasteiger partial charge in [0.2, 0.25) is 10.0 Å². The van der Waals surface area contributed by atoms with Crippen molar-refractivity contribution in [3.8, 4) is 28.7 Å². The van der Waals surface area contributed by atoms with E-state index in [1.54, 1.807) is 42.5 Å². The van der Waals surface area contributed by atoms with Gasteiger partial charge in [-0.2, -0.15) is 9.57 Å². The summed E-state index contributed by atoms with van der Waals surface area (Å²) in [5.41, 5.74) is 2.09. The summed E-state index contributed by atoms with van der Waals surface area (Å²) in [7, 11) is -1.34. The van der Waals surface area contributed by atoms with Gasteiger partial charge in [0.25, 0.3) is 0 Å². The third-order valence-electron chi connectivity index (χ3n) is 4.93. The number of hydrogen-bond donors (Lipinski definition) is 1. The topological polar surface area (TPSA) is 117 Å². The molecule has 0 aliphatic rings. The molecule has 0 saturated carbocycles. The summed E-state index contributed by atoms with van der Waals surface area (Å²) in [6.45, 7) is -0.600. The van der Waals surface area contributed by atoms with Gasteiger partial charge >= 0.3 is 5.97 Å². The molecule has 1 N–H and O–H groups in total. The summed E-state index contributed by atoms with van der Waals surface area (Å²) < 4.78 is 51.1. The van der Waals surface area contributed by atoms with E-state index in [1.807, 2.05) is 6.07 Å². The number of carboxylic acid groups (broad SMARTS) is 1. The third-order valence-corrected chi connectivity index (χ3v) is 6.73. The maximum absolute atomic E-state index is 13.7. The van der Waals surface area contributed by atoms with Gasteiger partial charge in [-0.1, -0.05) is 18.2 Å². The first-order chi connectivity index (χ1) is 16.1. The lowest BCUT2D eigenvalue weighted by atomic mass is 10.00. The van der Waals surface area contributed by atoms with Crippen molar-refractivity contribution in [2.45, 2.75) is 11.4 Å². The van der Waals surface area contributed by atoms with Gasteiger partial charge in [0.15, 0.2) is 18.2 Å². The van der Waals surface area contributed by atoms with Gasteiger partial charge in [-0.3, -0.25) is 0 Å². The summed E-state index contributed by atoms with van der Waals surface area (Å²) in [4.78, 5) is 10.8. The van der Waals surface area contributed by atoms with E-state index in [0.29, 0.717) is 22.3 Å². The first-order valence-corrected chi connectivity index (χ1v) is 11.4. The minimum atomic E-state index is -3.97. The molecule has 0 fully saturated rings. The van der Waals surface area contributed by atoms with E-state index in [9.17, 15) is 22.9 Å². The lowest BCUT2D eigenvalue weighted by molar-refractivity contribution is -0.139. The largest absolute Gasteiger partial charge is 0.494 e. The molecule has 0 atom stereocenters. The predicted molar refractivity (Wildman–Crippen MR) is 121 cm³/mol. The number of methoxy groups -OCH3 is 1. The highest BCUT2D eigenvalue weighted by molar-refractivity contribution is 7.89. The molecule has 0 radical (unpaired) electrons. The second-order valence-corrected chi connectivity index (χ2v) is 9.31. The quantitative estimate of drug-likeness (QED) is 0.493. The monoisotopic (exact) mass is 484 g/mol. The number of carbonyl (C=O) groups is 1. The van der Waals surface area contributed by atoms with E-state index in [-0.39, 0.29) is 22.9 Å².